The second-order valence-electron chi connectivity index (χ2n) is 6.29. The molecule has 2 heterocycles. The zero-order valence-electron chi connectivity index (χ0n) is 15.3. The molecule has 0 aliphatic carbocycles. The number of imidazole rings is 1. The molecular formula is C19H16ClN5O4. The number of hydrogen-bond acceptors (Lipinski definition) is 5. The van der Waals surface area contributed by atoms with Crippen molar-refractivity contribution in [3.8, 4) is 11.3 Å². The van der Waals surface area contributed by atoms with Crippen LogP contribution in [0.1, 0.15) is 0 Å². The van der Waals surface area contributed by atoms with Gasteiger partial charge in [0.05, 0.1) is 40.3 Å². The molecular weight excluding hydrogens is 398 g/mol. The number of H-pyrrole nitrogens is 2. The number of aromatic nitrogens is 4. The molecule has 3 N–H and O–H groups in total. The molecule has 9 nitrogen and oxygen atoms in total. The number of amides is 1. The standard InChI is InChI=1S/C19H16ClN5O4/c1-29-7-6-25(19(27)28)18-21-14-9-10(8-13(20)16(14)22-18)15-11-4-2-3-5-12(11)17(26)24-23-15/h2-5,8-9H,6-7H2,1H3,(H,21,22)(H,24,26)(H,27,28). The molecule has 2 aromatic heterocycles. The van der Waals surface area contributed by atoms with E-state index in [0.717, 1.165) is 4.90 Å². The molecule has 0 radical (unpaired) electrons. The first-order valence-corrected chi connectivity index (χ1v) is 9.04. The molecule has 1 amide bonds. The molecule has 4 aromatic rings. The average molecular weight is 414 g/mol. The van der Waals surface area contributed by atoms with Gasteiger partial charge in [-0.1, -0.05) is 29.8 Å². The summed E-state index contributed by atoms with van der Waals surface area (Å²) in [5.41, 5.74) is 1.88. The Bertz CT molecular complexity index is 1280. The second kappa shape index (κ2) is 7.53. The minimum atomic E-state index is -1.16. The summed E-state index contributed by atoms with van der Waals surface area (Å²) in [6.07, 6.45) is -1.16. The van der Waals surface area contributed by atoms with E-state index in [1.807, 2.05) is 6.07 Å². The summed E-state index contributed by atoms with van der Waals surface area (Å²) in [5, 5.41) is 17.7. The third-order valence-electron chi connectivity index (χ3n) is 4.51. The molecule has 0 spiro atoms. The fourth-order valence-corrected chi connectivity index (χ4v) is 3.39. The molecule has 0 aliphatic rings. The van der Waals surface area contributed by atoms with Gasteiger partial charge in [-0.05, 0) is 18.2 Å². The van der Waals surface area contributed by atoms with Crippen LogP contribution in [0.5, 0.6) is 0 Å². The number of nitrogens with one attached hydrogen (secondary N) is 2. The summed E-state index contributed by atoms with van der Waals surface area (Å²) in [5.74, 6) is 0.142. The highest BCUT2D eigenvalue weighted by molar-refractivity contribution is 6.35. The second-order valence-corrected chi connectivity index (χ2v) is 6.69. The number of aromatic amines is 2. The number of carboxylic acid groups (broad SMARTS) is 1. The molecule has 0 aliphatic heterocycles. The van der Waals surface area contributed by atoms with Crippen LogP contribution in [0.4, 0.5) is 10.7 Å². The van der Waals surface area contributed by atoms with Crippen LogP contribution in [0.25, 0.3) is 33.1 Å². The van der Waals surface area contributed by atoms with Crippen LogP contribution in [0, 0.1) is 0 Å². The number of methoxy groups -OCH3 is 1. The number of fused-ring (bicyclic) bond motifs is 2. The van der Waals surface area contributed by atoms with Crippen molar-refractivity contribution in [1.82, 2.24) is 20.2 Å². The SMILES string of the molecule is COCCN(C(=O)O)c1nc2cc(-c3n[nH]c(=O)c4ccccc34)cc(Cl)c2[nH]1. The summed E-state index contributed by atoms with van der Waals surface area (Å²) in [7, 11) is 1.49. The fourth-order valence-electron chi connectivity index (χ4n) is 3.13. The first-order chi connectivity index (χ1) is 14.0. The lowest BCUT2D eigenvalue weighted by Gasteiger charge is -2.14. The van der Waals surface area contributed by atoms with Gasteiger partial charge in [0.25, 0.3) is 5.56 Å². The van der Waals surface area contributed by atoms with Crippen molar-refractivity contribution < 1.29 is 14.6 Å². The molecule has 10 heteroatoms. The van der Waals surface area contributed by atoms with Gasteiger partial charge < -0.3 is 14.8 Å². The largest absolute Gasteiger partial charge is 0.465 e. The molecule has 0 unspecified atom stereocenters. The van der Waals surface area contributed by atoms with Crippen LogP contribution in [0.15, 0.2) is 41.2 Å². The Balaban J connectivity index is 1.86. The van der Waals surface area contributed by atoms with Gasteiger partial charge in [-0.3, -0.25) is 4.79 Å². The van der Waals surface area contributed by atoms with Gasteiger partial charge in [0.2, 0.25) is 5.95 Å². The summed E-state index contributed by atoms with van der Waals surface area (Å²) in [6.45, 7) is 0.331. The van der Waals surface area contributed by atoms with E-state index in [2.05, 4.69) is 20.2 Å². The third-order valence-corrected chi connectivity index (χ3v) is 4.81. The van der Waals surface area contributed by atoms with Crippen molar-refractivity contribution in [1.29, 1.82) is 0 Å². The molecule has 0 bridgehead atoms. The van der Waals surface area contributed by atoms with E-state index in [0.29, 0.717) is 38.1 Å². The van der Waals surface area contributed by atoms with E-state index in [1.54, 1.807) is 30.3 Å². The van der Waals surface area contributed by atoms with Crippen molar-refractivity contribution in [2.45, 2.75) is 0 Å². The lowest BCUT2D eigenvalue weighted by molar-refractivity contribution is 0.186. The number of rotatable bonds is 5. The molecule has 148 valence electrons. The molecule has 0 saturated heterocycles. The predicted octanol–water partition coefficient (Wildman–Crippen LogP) is 3.25. The van der Waals surface area contributed by atoms with E-state index in [4.69, 9.17) is 16.3 Å². The van der Waals surface area contributed by atoms with Crippen LogP contribution < -0.4 is 10.5 Å². The number of carbonyl (C=O) groups is 1. The van der Waals surface area contributed by atoms with Crippen LogP contribution in [-0.2, 0) is 4.74 Å². The Morgan fingerprint density at radius 1 is 1.28 bits per heavy atom. The van der Waals surface area contributed by atoms with E-state index >= 15 is 0 Å². The smallest absolute Gasteiger partial charge is 0.414 e. The molecule has 4 rings (SSSR count). The number of ether oxygens (including phenoxy) is 1. The quantitative estimate of drug-likeness (QED) is 0.461. The maximum Gasteiger partial charge on any atom is 0.414 e. The Morgan fingerprint density at radius 2 is 2.03 bits per heavy atom. The Kier molecular flexibility index (Phi) is 4.91. The van der Waals surface area contributed by atoms with E-state index in [9.17, 15) is 14.7 Å². The summed E-state index contributed by atoms with van der Waals surface area (Å²) < 4.78 is 4.96. The molecule has 0 atom stereocenters. The molecule has 0 fully saturated rings. The number of benzene rings is 2. The van der Waals surface area contributed by atoms with Crippen molar-refractivity contribution in [3.05, 3.63) is 51.8 Å². The zero-order valence-corrected chi connectivity index (χ0v) is 16.0. The minimum Gasteiger partial charge on any atom is -0.465 e. The highest BCUT2D eigenvalue weighted by Crippen LogP contribution is 2.32. The maximum absolute atomic E-state index is 12.0. The van der Waals surface area contributed by atoms with E-state index in [1.165, 1.54) is 7.11 Å². The monoisotopic (exact) mass is 413 g/mol. The van der Waals surface area contributed by atoms with Crippen LogP contribution in [0.2, 0.25) is 5.02 Å². The molecule has 2 aromatic carbocycles. The first-order valence-electron chi connectivity index (χ1n) is 8.66. The topological polar surface area (TPSA) is 124 Å². The van der Waals surface area contributed by atoms with Gasteiger partial charge in [-0.25, -0.2) is 19.8 Å². The minimum absolute atomic E-state index is 0.113. The van der Waals surface area contributed by atoms with Gasteiger partial charge in [0.1, 0.15) is 0 Å². The lowest BCUT2D eigenvalue weighted by Crippen LogP contribution is -2.33. The van der Waals surface area contributed by atoms with Crippen molar-refractivity contribution in [3.63, 3.8) is 0 Å². The van der Waals surface area contributed by atoms with E-state index < -0.39 is 6.09 Å². The third kappa shape index (κ3) is 3.41. The normalized spacial score (nSPS) is 11.2. The van der Waals surface area contributed by atoms with Crippen molar-refractivity contribution in [2.75, 3.05) is 25.2 Å². The Hall–Kier alpha value is -3.43. The van der Waals surface area contributed by atoms with Gasteiger partial charge in [0, 0.05) is 18.1 Å². The van der Waals surface area contributed by atoms with Crippen LogP contribution >= 0.6 is 11.6 Å². The van der Waals surface area contributed by atoms with Gasteiger partial charge >= 0.3 is 6.09 Å². The maximum atomic E-state index is 12.0. The first kappa shape index (κ1) is 18.9. The summed E-state index contributed by atoms with van der Waals surface area (Å²) in [6, 6.07) is 10.5. The summed E-state index contributed by atoms with van der Waals surface area (Å²) >= 11 is 6.43. The van der Waals surface area contributed by atoms with Crippen molar-refractivity contribution >= 4 is 45.4 Å². The highest BCUT2D eigenvalue weighted by Gasteiger charge is 2.20. The van der Waals surface area contributed by atoms with Crippen molar-refractivity contribution in [2.24, 2.45) is 0 Å². The zero-order chi connectivity index (χ0) is 20.5. The average Bonchev–Trinajstić information content (AvgIpc) is 3.13. The van der Waals surface area contributed by atoms with Gasteiger partial charge in [-0.15, -0.1) is 0 Å². The number of hydrogen-bond donors (Lipinski definition) is 3. The number of anilines is 1. The lowest BCUT2D eigenvalue weighted by atomic mass is 10.0. The van der Waals surface area contributed by atoms with Crippen LogP contribution in [0.3, 0.4) is 0 Å². The predicted molar refractivity (Wildman–Crippen MR) is 110 cm³/mol. The van der Waals surface area contributed by atoms with E-state index in [-0.39, 0.29) is 24.7 Å². The van der Waals surface area contributed by atoms with Gasteiger partial charge in [0.15, 0.2) is 0 Å². The highest BCUT2D eigenvalue weighted by atomic mass is 35.5. The Morgan fingerprint density at radius 3 is 2.76 bits per heavy atom. The number of nitrogens with zero attached hydrogens (tertiary/aromatic N) is 3. The van der Waals surface area contributed by atoms with Gasteiger partial charge in [-0.2, -0.15) is 5.10 Å². The summed E-state index contributed by atoms with van der Waals surface area (Å²) in [4.78, 5) is 32.0. The van der Waals surface area contributed by atoms with Crippen LogP contribution in [-0.4, -0.2) is 51.6 Å². The number of halogens is 1. The molecule has 29 heavy (non-hydrogen) atoms. The Labute approximate surface area is 168 Å². The molecule has 0 saturated carbocycles. The fraction of sp³-hybridized carbons (Fsp3) is 0.158.